The zero-order valence-corrected chi connectivity index (χ0v) is 6.64. The third kappa shape index (κ3) is 1.12. The zero-order valence-electron chi connectivity index (χ0n) is 6.64. The molecule has 0 saturated carbocycles. The Bertz CT molecular complexity index is 337. The molecule has 0 spiro atoms. The third-order valence-corrected chi connectivity index (χ3v) is 2.16. The minimum atomic E-state index is 0.205. The normalized spacial score (nSPS) is 36.1. The fourth-order valence-electron chi connectivity index (χ4n) is 1.50. The Labute approximate surface area is 72.0 Å². The molecule has 0 radical (unpaired) electrons. The monoisotopic (exact) mass is 155 g/mol. The van der Waals surface area contributed by atoms with E-state index in [-0.39, 0.29) is 5.92 Å². The number of nitrogens with zero attached hydrogens (tertiary/aromatic N) is 1. The van der Waals surface area contributed by atoms with Crippen LogP contribution in [0.25, 0.3) is 0 Å². The highest BCUT2D eigenvalue weighted by Crippen LogP contribution is 2.25. The van der Waals surface area contributed by atoms with E-state index in [1.54, 1.807) is 0 Å². The lowest BCUT2D eigenvalue weighted by Gasteiger charge is -2.16. The number of fused-ring (bicyclic) bond motifs is 1. The lowest BCUT2D eigenvalue weighted by molar-refractivity contribution is 0.892. The van der Waals surface area contributed by atoms with Crippen LogP contribution in [-0.2, 0) is 0 Å². The van der Waals surface area contributed by atoms with Gasteiger partial charge >= 0.3 is 0 Å². The molecule has 0 fully saturated rings. The topological polar surface area (TPSA) is 23.8 Å². The van der Waals surface area contributed by atoms with Crippen molar-refractivity contribution in [2.24, 2.45) is 11.8 Å². The standard InChI is InChI=1S/C11H9N/c12-8-11-7-9-3-1-2-4-10(11)6-5-9/h1-7,9-10H/b3-1-,4-2-. The molecule has 3 aliphatic rings. The largest absolute Gasteiger partial charge is 0.193 e. The molecule has 0 aromatic carbocycles. The maximum atomic E-state index is 8.82. The Hall–Kier alpha value is -1.55. The Balaban J connectivity index is 2.45. The Morgan fingerprint density at radius 2 is 1.92 bits per heavy atom. The summed E-state index contributed by atoms with van der Waals surface area (Å²) < 4.78 is 0. The predicted octanol–water partition coefficient (Wildman–Crippen LogP) is 2.36. The van der Waals surface area contributed by atoms with Gasteiger partial charge in [-0.1, -0.05) is 42.5 Å². The van der Waals surface area contributed by atoms with Crippen molar-refractivity contribution in [1.82, 2.24) is 0 Å². The van der Waals surface area contributed by atoms with E-state index in [1.165, 1.54) is 0 Å². The van der Waals surface area contributed by atoms with Gasteiger partial charge in [0, 0.05) is 17.4 Å². The Morgan fingerprint density at radius 3 is 2.75 bits per heavy atom. The number of hydrogen-bond acceptors (Lipinski definition) is 1. The SMILES string of the molecule is N#CC1=CC2C=CC1/C=C\C=C/2. The molecule has 0 aliphatic heterocycles. The summed E-state index contributed by atoms with van der Waals surface area (Å²) in [4.78, 5) is 0. The van der Waals surface area contributed by atoms with Gasteiger partial charge in [-0.15, -0.1) is 0 Å². The average molecular weight is 155 g/mol. The van der Waals surface area contributed by atoms with Gasteiger partial charge in [0.15, 0.2) is 0 Å². The van der Waals surface area contributed by atoms with Gasteiger partial charge in [-0.3, -0.25) is 0 Å². The van der Waals surface area contributed by atoms with E-state index in [2.05, 4.69) is 24.3 Å². The minimum absolute atomic E-state index is 0.205. The van der Waals surface area contributed by atoms with Crippen molar-refractivity contribution in [2.75, 3.05) is 0 Å². The summed E-state index contributed by atoms with van der Waals surface area (Å²) in [6.07, 6.45) is 14.4. The average Bonchev–Trinajstić information content (AvgIpc) is 2.05. The molecule has 0 heterocycles. The van der Waals surface area contributed by atoms with Gasteiger partial charge in [-0.2, -0.15) is 5.26 Å². The third-order valence-electron chi connectivity index (χ3n) is 2.16. The smallest absolute Gasteiger partial charge is 0.0953 e. The highest BCUT2D eigenvalue weighted by Gasteiger charge is 2.14. The van der Waals surface area contributed by atoms with Gasteiger partial charge in [0.05, 0.1) is 6.07 Å². The van der Waals surface area contributed by atoms with Gasteiger partial charge < -0.3 is 0 Å². The summed E-state index contributed by atoms with van der Waals surface area (Å²) in [7, 11) is 0. The first kappa shape index (κ1) is 7.12. The first-order chi connectivity index (χ1) is 5.90. The van der Waals surface area contributed by atoms with Crippen LogP contribution < -0.4 is 0 Å². The number of rotatable bonds is 0. The highest BCUT2D eigenvalue weighted by atomic mass is 14.3. The van der Waals surface area contributed by atoms with Crippen molar-refractivity contribution >= 4 is 0 Å². The van der Waals surface area contributed by atoms with Crippen LogP contribution in [0.15, 0.2) is 48.1 Å². The van der Waals surface area contributed by atoms with Crippen molar-refractivity contribution in [3.63, 3.8) is 0 Å². The maximum Gasteiger partial charge on any atom is 0.0953 e. The summed E-state index contributed by atoms with van der Waals surface area (Å²) in [5.74, 6) is 0.525. The van der Waals surface area contributed by atoms with Gasteiger partial charge in [0.1, 0.15) is 0 Å². The van der Waals surface area contributed by atoms with Crippen LogP contribution in [0.1, 0.15) is 0 Å². The zero-order chi connectivity index (χ0) is 8.39. The van der Waals surface area contributed by atoms with Crippen LogP contribution in [0.3, 0.4) is 0 Å². The lowest BCUT2D eigenvalue weighted by atomic mass is 9.87. The lowest BCUT2D eigenvalue weighted by Crippen LogP contribution is -2.05. The molecule has 3 aliphatic carbocycles. The summed E-state index contributed by atoms with van der Waals surface area (Å²) in [6.45, 7) is 0. The summed E-state index contributed by atoms with van der Waals surface area (Å²) in [5, 5.41) is 8.82. The van der Waals surface area contributed by atoms with Crippen LogP contribution >= 0.6 is 0 Å². The molecule has 0 amide bonds. The molecule has 0 aromatic rings. The number of allylic oxidation sites excluding steroid dienone is 8. The summed E-state index contributed by atoms with van der Waals surface area (Å²) >= 11 is 0. The highest BCUT2D eigenvalue weighted by molar-refractivity contribution is 5.40. The maximum absolute atomic E-state index is 8.82. The molecule has 0 saturated heterocycles. The quantitative estimate of drug-likeness (QED) is 0.492. The first-order valence-corrected chi connectivity index (χ1v) is 4.05. The molecule has 1 heteroatoms. The van der Waals surface area contributed by atoms with Gasteiger partial charge in [-0.05, 0) is 0 Å². The van der Waals surface area contributed by atoms with Crippen LogP contribution in [-0.4, -0.2) is 0 Å². The second kappa shape index (κ2) is 2.83. The van der Waals surface area contributed by atoms with E-state index < -0.39 is 0 Å². The van der Waals surface area contributed by atoms with Crippen LogP contribution in [0.4, 0.5) is 0 Å². The van der Waals surface area contributed by atoms with Crippen molar-refractivity contribution in [3.8, 4) is 6.07 Å². The molecule has 58 valence electrons. The molecular weight excluding hydrogens is 146 g/mol. The van der Waals surface area contributed by atoms with E-state index in [0.29, 0.717) is 5.92 Å². The van der Waals surface area contributed by atoms with Gasteiger partial charge in [-0.25, -0.2) is 0 Å². The molecule has 2 unspecified atom stereocenters. The summed E-state index contributed by atoms with van der Waals surface area (Å²) in [5.41, 5.74) is 0.864. The minimum Gasteiger partial charge on any atom is -0.193 e. The van der Waals surface area contributed by atoms with E-state index in [9.17, 15) is 0 Å². The molecular formula is C11H9N. The second-order valence-electron chi connectivity index (χ2n) is 2.99. The van der Waals surface area contributed by atoms with Crippen molar-refractivity contribution in [1.29, 1.82) is 5.26 Å². The van der Waals surface area contributed by atoms with Crippen LogP contribution in [0.2, 0.25) is 0 Å². The predicted molar refractivity (Wildman–Crippen MR) is 48.1 cm³/mol. The molecule has 0 aromatic heterocycles. The second-order valence-corrected chi connectivity index (χ2v) is 2.99. The molecule has 0 N–H and O–H groups in total. The van der Waals surface area contributed by atoms with Gasteiger partial charge in [0.25, 0.3) is 0 Å². The number of nitriles is 1. The van der Waals surface area contributed by atoms with Crippen molar-refractivity contribution in [2.45, 2.75) is 0 Å². The van der Waals surface area contributed by atoms with E-state index >= 15 is 0 Å². The molecule has 2 atom stereocenters. The van der Waals surface area contributed by atoms with E-state index in [4.69, 9.17) is 5.26 Å². The van der Waals surface area contributed by atoms with Crippen molar-refractivity contribution < 1.29 is 0 Å². The fraction of sp³-hybridized carbons (Fsp3) is 0.182. The molecule has 12 heavy (non-hydrogen) atoms. The van der Waals surface area contributed by atoms with Gasteiger partial charge in [0.2, 0.25) is 0 Å². The summed E-state index contributed by atoms with van der Waals surface area (Å²) in [6, 6.07) is 2.23. The van der Waals surface area contributed by atoms with E-state index in [1.807, 2.05) is 24.3 Å². The van der Waals surface area contributed by atoms with Crippen LogP contribution in [0, 0.1) is 23.2 Å². The molecule has 3 rings (SSSR count). The van der Waals surface area contributed by atoms with E-state index in [0.717, 1.165) is 5.57 Å². The first-order valence-electron chi connectivity index (χ1n) is 4.05. The van der Waals surface area contributed by atoms with Crippen LogP contribution in [0.5, 0.6) is 0 Å². The van der Waals surface area contributed by atoms with Crippen molar-refractivity contribution in [3.05, 3.63) is 48.1 Å². The number of hydrogen-bond donors (Lipinski definition) is 0. The fourth-order valence-corrected chi connectivity index (χ4v) is 1.50. The Kier molecular flexibility index (Phi) is 1.68. The Morgan fingerprint density at radius 1 is 1.08 bits per heavy atom. The molecule has 2 bridgehead atoms. The molecule has 1 nitrogen and oxygen atoms in total.